The Hall–Kier alpha value is -0.570. The lowest BCUT2D eigenvalue weighted by Gasteiger charge is -2.21. The molecule has 0 N–H and O–H groups in total. The van der Waals surface area contributed by atoms with E-state index in [0.717, 1.165) is 12.5 Å². The van der Waals surface area contributed by atoms with Crippen molar-refractivity contribution in [2.24, 2.45) is 5.92 Å². The second-order valence-electron chi connectivity index (χ2n) is 4.09. The summed E-state index contributed by atoms with van der Waals surface area (Å²) in [7, 11) is 0. The fourth-order valence-electron chi connectivity index (χ4n) is 2.19. The lowest BCUT2D eigenvalue weighted by atomic mass is 9.87. The van der Waals surface area contributed by atoms with Crippen LogP contribution in [0.3, 0.4) is 0 Å². The van der Waals surface area contributed by atoms with Gasteiger partial charge < -0.3 is 4.57 Å². The second-order valence-corrected chi connectivity index (χ2v) is 4.42. The summed E-state index contributed by atoms with van der Waals surface area (Å²) >= 11 is 5.85. The first kappa shape index (κ1) is 9.97. The van der Waals surface area contributed by atoms with Gasteiger partial charge in [-0.05, 0) is 23.9 Å². The van der Waals surface area contributed by atoms with E-state index in [1.807, 2.05) is 4.57 Å². The lowest BCUT2D eigenvalue weighted by molar-refractivity contribution is 0.324. The maximum atomic E-state index is 5.85. The third-order valence-corrected chi connectivity index (χ3v) is 3.36. The van der Waals surface area contributed by atoms with E-state index < -0.39 is 0 Å². The van der Waals surface area contributed by atoms with Gasteiger partial charge in [0.05, 0.1) is 0 Å². The topological polar surface area (TPSA) is 30.7 Å². The van der Waals surface area contributed by atoms with Gasteiger partial charge in [0.25, 0.3) is 0 Å². The second kappa shape index (κ2) is 4.78. The normalized spacial score (nSPS) is 18.6. The smallest absolute Gasteiger partial charge is 0.224 e. The monoisotopic (exact) mass is 213 g/mol. The quantitative estimate of drug-likeness (QED) is 0.773. The van der Waals surface area contributed by atoms with Gasteiger partial charge >= 0.3 is 0 Å². The molecule has 1 aromatic rings. The predicted molar refractivity (Wildman–Crippen MR) is 56.2 cm³/mol. The summed E-state index contributed by atoms with van der Waals surface area (Å²) in [6, 6.07) is 0. The molecular weight excluding hydrogens is 198 g/mol. The van der Waals surface area contributed by atoms with Gasteiger partial charge in [-0.25, -0.2) is 0 Å². The molecule has 0 radical (unpaired) electrons. The van der Waals surface area contributed by atoms with Crippen molar-refractivity contribution in [1.29, 1.82) is 0 Å². The molecule has 1 heterocycles. The van der Waals surface area contributed by atoms with E-state index in [4.69, 9.17) is 11.6 Å². The molecule has 1 aliphatic rings. The highest BCUT2D eigenvalue weighted by molar-refractivity contribution is 6.28. The van der Waals surface area contributed by atoms with Crippen LogP contribution in [0.15, 0.2) is 6.33 Å². The molecule has 2 rings (SSSR count). The molecule has 4 heteroatoms. The summed E-state index contributed by atoms with van der Waals surface area (Å²) in [5.74, 6) is 0.891. The zero-order chi connectivity index (χ0) is 9.80. The first-order valence-corrected chi connectivity index (χ1v) is 5.77. The maximum absolute atomic E-state index is 5.85. The molecule has 0 amide bonds. The molecule has 0 aromatic carbocycles. The molecule has 1 aliphatic carbocycles. The van der Waals surface area contributed by atoms with Gasteiger partial charge in [-0.1, -0.05) is 32.1 Å². The van der Waals surface area contributed by atoms with Crippen LogP contribution in [-0.2, 0) is 6.54 Å². The number of halogens is 1. The van der Waals surface area contributed by atoms with E-state index in [9.17, 15) is 0 Å². The van der Waals surface area contributed by atoms with E-state index in [-0.39, 0.29) is 0 Å². The van der Waals surface area contributed by atoms with Crippen molar-refractivity contribution in [2.75, 3.05) is 0 Å². The molecule has 1 aromatic heterocycles. The molecule has 0 atom stereocenters. The SMILES string of the molecule is Clc1nncn1CCC1CCCCC1. The Bertz CT molecular complexity index is 279. The zero-order valence-corrected chi connectivity index (χ0v) is 9.08. The zero-order valence-electron chi connectivity index (χ0n) is 8.32. The summed E-state index contributed by atoms with van der Waals surface area (Å²) in [4.78, 5) is 0. The van der Waals surface area contributed by atoms with Crippen molar-refractivity contribution >= 4 is 11.6 Å². The Morgan fingerprint density at radius 1 is 1.36 bits per heavy atom. The van der Waals surface area contributed by atoms with Crippen molar-refractivity contribution in [3.63, 3.8) is 0 Å². The van der Waals surface area contributed by atoms with Crippen LogP contribution in [0.4, 0.5) is 0 Å². The maximum Gasteiger partial charge on any atom is 0.224 e. The Morgan fingerprint density at radius 3 is 2.79 bits per heavy atom. The van der Waals surface area contributed by atoms with Gasteiger partial charge in [-0.3, -0.25) is 0 Å². The van der Waals surface area contributed by atoms with Gasteiger partial charge in [-0.15, -0.1) is 10.2 Å². The van der Waals surface area contributed by atoms with Crippen LogP contribution in [0.25, 0.3) is 0 Å². The molecule has 1 saturated carbocycles. The van der Waals surface area contributed by atoms with Crippen molar-refractivity contribution in [3.8, 4) is 0 Å². The third-order valence-electron chi connectivity index (χ3n) is 3.07. The van der Waals surface area contributed by atoms with Crippen LogP contribution in [0, 0.1) is 5.92 Å². The fourth-order valence-corrected chi connectivity index (χ4v) is 2.36. The van der Waals surface area contributed by atoms with E-state index >= 15 is 0 Å². The minimum absolute atomic E-state index is 0.515. The van der Waals surface area contributed by atoms with Crippen molar-refractivity contribution < 1.29 is 0 Å². The highest BCUT2D eigenvalue weighted by Crippen LogP contribution is 2.26. The van der Waals surface area contributed by atoms with Crippen molar-refractivity contribution in [2.45, 2.75) is 45.1 Å². The minimum atomic E-state index is 0.515. The van der Waals surface area contributed by atoms with Crippen LogP contribution in [0.2, 0.25) is 5.28 Å². The number of nitrogens with zero attached hydrogens (tertiary/aromatic N) is 3. The Balaban J connectivity index is 1.79. The summed E-state index contributed by atoms with van der Waals surface area (Å²) in [6.07, 6.45) is 9.94. The molecule has 0 saturated heterocycles. The fraction of sp³-hybridized carbons (Fsp3) is 0.800. The Labute approximate surface area is 89.5 Å². The molecule has 3 nitrogen and oxygen atoms in total. The van der Waals surface area contributed by atoms with Crippen molar-refractivity contribution in [3.05, 3.63) is 11.6 Å². The van der Waals surface area contributed by atoms with E-state index in [2.05, 4.69) is 10.2 Å². The summed E-state index contributed by atoms with van der Waals surface area (Å²) in [5.41, 5.74) is 0. The molecule has 14 heavy (non-hydrogen) atoms. The molecule has 0 aliphatic heterocycles. The van der Waals surface area contributed by atoms with Gasteiger partial charge in [0, 0.05) is 6.54 Å². The van der Waals surface area contributed by atoms with Crippen LogP contribution in [0.1, 0.15) is 38.5 Å². The number of rotatable bonds is 3. The Morgan fingerprint density at radius 2 is 2.14 bits per heavy atom. The molecule has 0 spiro atoms. The van der Waals surface area contributed by atoms with E-state index in [0.29, 0.717) is 5.28 Å². The molecular formula is C10H16ClN3. The average molecular weight is 214 g/mol. The number of aromatic nitrogens is 3. The molecule has 0 bridgehead atoms. The number of aryl methyl sites for hydroxylation is 1. The van der Waals surface area contributed by atoms with Gasteiger partial charge in [0.2, 0.25) is 5.28 Å². The van der Waals surface area contributed by atoms with Gasteiger partial charge in [0.1, 0.15) is 6.33 Å². The summed E-state index contributed by atoms with van der Waals surface area (Å²) in [5, 5.41) is 8.04. The molecule has 1 fully saturated rings. The first-order valence-electron chi connectivity index (χ1n) is 5.39. The lowest BCUT2D eigenvalue weighted by Crippen LogP contribution is -2.09. The van der Waals surface area contributed by atoms with Crippen LogP contribution < -0.4 is 0 Å². The van der Waals surface area contributed by atoms with E-state index in [1.165, 1.54) is 38.5 Å². The van der Waals surface area contributed by atoms with Crippen molar-refractivity contribution in [1.82, 2.24) is 14.8 Å². The molecule has 0 unspecified atom stereocenters. The first-order chi connectivity index (χ1) is 6.86. The Kier molecular flexibility index (Phi) is 3.40. The van der Waals surface area contributed by atoms with Crippen LogP contribution in [0.5, 0.6) is 0 Å². The highest BCUT2D eigenvalue weighted by Gasteiger charge is 2.13. The van der Waals surface area contributed by atoms with Crippen LogP contribution in [-0.4, -0.2) is 14.8 Å². The van der Waals surface area contributed by atoms with Crippen LogP contribution >= 0.6 is 11.6 Å². The molecule has 78 valence electrons. The minimum Gasteiger partial charge on any atom is -0.304 e. The summed E-state index contributed by atoms with van der Waals surface area (Å²) in [6.45, 7) is 0.969. The van der Waals surface area contributed by atoms with Gasteiger partial charge in [0.15, 0.2) is 0 Å². The van der Waals surface area contributed by atoms with E-state index in [1.54, 1.807) is 6.33 Å². The third kappa shape index (κ3) is 2.47. The number of hydrogen-bond acceptors (Lipinski definition) is 2. The largest absolute Gasteiger partial charge is 0.304 e. The average Bonchev–Trinajstić information content (AvgIpc) is 2.63. The number of hydrogen-bond donors (Lipinski definition) is 0. The van der Waals surface area contributed by atoms with Gasteiger partial charge in [-0.2, -0.15) is 0 Å². The standard InChI is InChI=1S/C10H16ClN3/c11-10-13-12-8-14(10)7-6-9-4-2-1-3-5-9/h8-9H,1-7H2. The predicted octanol–water partition coefficient (Wildman–Crippen LogP) is 2.90. The highest BCUT2D eigenvalue weighted by atomic mass is 35.5. The summed E-state index contributed by atoms with van der Waals surface area (Å²) < 4.78 is 1.93.